The topological polar surface area (TPSA) is 67.6 Å². The van der Waals surface area contributed by atoms with Crippen molar-refractivity contribution < 1.29 is 9.53 Å². The molecular weight excluding hydrogens is 218 g/mol. The fraction of sp³-hybridized carbons (Fsp3) is 0.917. The highest BCUT2D eigenvalue weighted by atomic mass is 16.5. The molecule has 2 aliphatic heterocycles. The van der Waals surface area contributed by atoms with E-state index in [9.17, 15) is 4.79 Å². The normalized spacial score (nSPS) is 31.1. The molecule has 0 aromatic heterocycles. The van der Waals surface area contributed by atoms with E-state index in [1.165, 1.54) is 19.4 Å². The molecule has 5 heteroatoms. The first-order valence-electron chi connectivity index (χ1n) is 6.52. The number of amides is 1. The summed E-state index contributed by atoms with van der Waals surface area (Å²) in [6.45, 7) is 6.37. The lowest BCUT2D eigenvalue weighted by Crippen LogP contribution is -2.50. The van der Waals surface area contributed by atoms with Gasteiger partial charge in [0.05, 0.1) is 12.7 Å². The van der Waals surface area contributed by atoms with Crippen LogP contribution in [-0.4, -0.2) is 55.7 Å². The van der Waals surface area contributed by atoms with E-state index in [-0.39, 0.29) is 17.9 Å². The first-order valence-corrected chi connectivity index (χ1v) is 6.52. The third-order valence-electron chi connectivity index (χ3n) is 3.77. The van der Waals surface area contributed by atoms with Crippen molar-refractivity contribution >= 4 is 5.91 Å². The molecular formula is C12H23N3O2. The lowest BCUT2D eigenvalue weighted by atomic mass is 10.1. The molecule has 2 saturated heterocycles. The van der Waals surface area contributed by atoms with Gasteiger partial charge in [0, 0.05) is 31.6 Å². The van der Waals surface area contributed by atoms with Crippen molar-refractivity contribution in [2.45, 2.75) is 31.9 Å². The molecule has 3 atom stereocenters. The molecule has 0 aliphatic carbocycles. The van der Waals surface area contributed by atoms with Gasteiger partial charge in [-0.2, -0.15) is 0 Å². The summed E-state index contributed by atoms with van der Waals surface area (Å²) in [7, 11) is 0. The highest BCUT2D eigenvalue weighted by Crippen LogP contribution is 2.22. The molecule has 2 fully saturated rings. The first kappa shape index (κ1) is 12.8. The van der Waals surface area contributed by atoms with E-state index in [0.717, 1.165) is 19.7 Å². The summed E-state index contributed by atoms with van der Waals surface area (Å²) in [5.74, 6) is -0.361. The van der Waals surface area contributed by atoms with Crippen molar-refractivity contribution in [2.75, 3.05) is 32.8 Å². The molecule has 0 bridgehead atoms. The van der Waals surface area contributed by atoms with E-state index in [1.807, 2.05) is 6.92 Å². The standard InChI is InChI=1S/C12H23N3O2/c1-9(12(13)16)5-14-6-11-7-15-4-2-3-10(15)8-17-11/h9-11,14H,2-8H2,1H3,(H2,13,16). The van der Waals surface area contributed by atoms with Gasteiger partial charge in [0.2, 0.25) is 5.91 Å². The molecule has 2 rings (SSSR count). The molecule has 3 unspecified atom stereocenters. The van der Waals surface area contributed by atoms with Crippen LogP contribution in [0.25, 0.3) is 0 Å². The number of ether oxygens (including phenoxy) is 1. The minimum Gasteiger partial charge on any atom is -0.374 e. The van der Waals surface area contributed by atoms with Crippen LogP contribution in [0.1, 0.15) is 19.8 Å². The molecule has 17 heavy (non-hydrogen) atoms. The van der Waals surface area contributed by atoms with Gasteiger partial charge in [0.1, 0.15) is 0 Å². The van der Waals surface area contributed by atoms with Crippen LogP contribution in [-0.2, 0) is 9.53 Å². The van der Waals surface area contributed by atoms with Gasteiger partial charge in [0.15, 0.2) is 0 Å². The zero-order valence-electron chi connectivity index (χ0n) is 10.5. The molecule has 0 saturated carbocycles. The molecule has 0 spiro atoms. The molecule has 0 aromatic rings. The number of carbonyl (C=O) groups is 1. The second kappa shape index (κ2) is 5.80. The van der Waals surface area contributed by atoms with Crippen molar-refractivity contribution in [2.24, 2.45) is 11.7 Å². The zero-order chi connectivity index (χ0) is 12.3. The fourth-order valence-electron chi connectivity index (χ4n) is 2.57. The zero-order valence-corrected chi connectivity index (χ0v) is 10.5. The third-order valence-corrected chi connectivity index (χ3v) is 3.77. The number of carbonyl (C=O) groups excluding carboxylic acids is 1. The molecule has 3 N–H and O–H groups in total. The second-order valence-corrected chi connectivity index (χ2v) is 5.21. The number of nitrogens with zero attached hydrogens (tertiary/aromatic N) is 1. The van der Waals surface area contributed by atoms with Crippen molar-refractivity contribution in [3.63, 3.8) is 0 Å². The molecule has 0 radical (unpaired) electrons. The number of nitrogens with two attached hydrogens (primary N) is 1. The van der Waals surface area contributed by atoms with Gasteiger partial charge < -0.3 is 15.8 Å². The van der Waals surface area contributed by atoms with Gasteiger partial charge in [-0.05, 0) is 19.4 Å². The summed E-state index contributed by atoms with van der Waals surface area (Å²) in [5, 5.41) is 3.26. The maximum absolute atomic E-state index is 10.9. The van der Waals surface area contributed by atoms with E-state index >= 15 is 0 Å². The second-order valence-electron chi connectivity index (χ2n) is 5.21. The summed E-state index contributed by atoms with van der Waals surface area (Å²) in [4.78, 5) is 13.4. The number of hydrogen-bond donors (Lipinski definition) is 2. The van der Waals surface area contributed by atoms with Crippen molar-refractivity contribution in [1.29, 1.82) is 0 Å². The Hall–Kier alpha value is -0.650. The quantitative estimate of drug-likeness (QED) is 0.685. The summed E-state index contributed by atoms with van der Waals surface area (Å²) in [5.41, 5.74) is 5.21. The van der Waals surface area contributed by atoms with Crippen LogP contribution < -0.4 is 11.1 Å². The van der Waals surface area contributed by atoms with Crippen molar-refractivity contribution in [3.8, 4) is 0 Å². The van der Waals surface area contributed by atoms with Crippen LogP contribution in [0.3, 0.4) is 0 Å². The number of nitrogens with one attached hydrogen (secondary N) is 1. The van der Waals surface area contributed by atoms with E-state index < -0.39 is 0 Å². The van der Waals surface area contributed by atoms with Crippen LogP contribution >= 0.6 is 0 Å². The Bertz CT molecular complexity index is 272. The molecule has 98 valence electrons. The largest absolute Gasteiger partial charge is 0.374 e. The highest BCUT2D eigenvalue weighted by molar-refractivity contribution is 5.76. The smallest absolute Gasteiger partial charge is 0.221 e. The van der Waals surface area contributed by atoms with E-state index in [2.05, 4.69) is 10.2 Å². The number of primary amides is 1. The Kier molecular flexibility index (Phi) is 4.36. The summed E-state index contributed by atoms with van der Waals surface area (Å²) in [6, 6.07) is 0.649. The van der Waals surface area contributed by atoms with Gasteiger partial charge >= 0.3 is 0 Å². The Morgan fingerprint density at radius 2 is 2.47 bits per heavy atom. The predicted molar refractivity (Wildman–Crippen MR) is 65.6 cm³/mol. The Balaban J connectivity index is 1.65. The summed E-state index contributed by atoms with van der Waals surface area (Å²) >= 11 is 0. The Morgan fingerprint density at radius 1 is 1.65 bits per heavy atom. The van der Waals surface area contributed by atoms with E-state index in [4.69, 9.17) is 10.5 Å². The monoisotopic (exact) mass is 241 g/mol. The summed E-state index contributed by atoms with van der Waals surface area (Å²) < 4.78 is 5.81. The Labute approximate surface area is 103 Å². The van der Waals surface area contributed by atoms with Crippen LogP contribution in [0.15, 0.2) is 0 Å². The minimum absolute atomic E-state index is 0.113. The Morgan fingerprint density at radius 3 is 3.24 bits per heavy atom. The average molecular weight is 241 g/mol. The fourth-order valence-corrected chi connectivity index (χ4v) is 2.57. The minimum atomic E-state index is -0.248. The van der Waals surface area contributed by atoms with E-state index in [0.29, 0.717) is 12.6 Å². The SMILES string of the molecule is CC(CNCC1CN2CCCC2CO1)C(N)=O. The molecule has 5 nitrogen and oxygen atoms in total. The lowest BCUT2D eigenvalue weighted by molar-refractivity contribution is -0.121. The van der Waals surface area contributed by atoms with Crippen LogP contribution in [0.2, 0.25) is 0 Å². The van der Waals surface area contributed by atoms with Crippen LogP contribution in [0, 0.1) is 5.92 Å². The predicted octanol–water partition coefficient (Wildman–Crippen LogP) is -0.439. The summed E-state index contributed by atoms with van der Waals surface area (Å²) in [6.07, 6.45) is 2.83. The number of rotatable bonds is 5. The lowest BCUT2D eigenvalue weighted by Gasteiger charge is -2.35. The maximum atomic E-state index is 10.9. The van der Waals surface area contributed by atoms with Gasteiger partial charge in [-0.1, -0.05) is 6.92 Å². The molecule has 2 heterocycles. The first-order chi connectivity index (χ1) is 8.16. The number of hydrogen-bond acceptors (Lipinski definition) is 4. The van der Waals surface area contributed by atoms with Crippen LogP contribution in [0.5, 0.6) is 0 Å². The molecule has 1 amide bonds. The van der Waals surface area contributed by atoms with Gasteiger partial charge in [-0.15, -0.1) is 0 Å². The van der Waals surface area contributed by atoms with E-state index in [1.54, 1.807) is 0 Å². The van der Waals surface area contributed by atoms with Gasteiger partial charge in [-0.3, -0.25) is 9.69 Å². The number of morpholine rings is 1. The molecule has 2 aliphatic rings. The highest BCUT2D eigenvalue weighted by Gasteiger charge is 2.31. The average Bonchev–Trinajstić information content (AvgIpc) is 2.75. The van der Waals surface area contributed by atoms with Crippen molar-refractivity contribution in [1.82, 2.24) is 10.2 Å². The van der Waals surface area contributed by atoms with Gasteiger partial charge in [-0.25, -0.2) is 0 Å². The molecule has 0 aromatic carbocycles. The third kappa shape index (κ3) is 3.40. The van der Waals surface area contributed by atoms with Gasteiger partial charge in [0.25, 0.3) is 0 Å². The number of fused-ring (bicyclic) bond motifs is 1. The maximum Gasteiger partial charge on any atom is 0.221 e. The van der Waals surface area contributed by atoms with Crippen LogP contribution in [0.4, 0.5) is 0 Å². The van der Waals surface area contributed by atoms with Crippen molar-refractivity contribution in [3.05, 3.63) is 0 Å².